The van der Waals surface area contributed by atoms with Crippen LogP contribution in [0.2, 0.25) is 0 Å². The minimum Gasteiger partial charge on any atom is -0.497 e. The highest BCUT2D eigenvalue weighted by Crippen LogP contribution is 2.31. The van der Waals surface area contributed by atoms with Crippen LogP contribution in [-0.4, -0.2) is 57.9 Å². The molecular weight excluding hydrogens is 488 g/mol. The Morgan fingerprint density at radius 1 is 0.892 bits per heavy atom. The second kappa shape index (κ2) is 13.3. The second-order valence-corrected chi connectivity index (χ2v) is 12.2. The van der Waals surface area contributed by atoms with Crippen LogP contribution in [0.25, 0.3) is 0 Å². The smallest absolute Gasteiger partial charge is 0.414 e. The Labute approximate surface area is 221 Å². The summed E-state index contributed by atoms with van der Waals surface area (Å²) in [5.74, 6) is 0.870. The fraction of sp³-hybridized carbons (Fsp3) is 0.552. The van der Waals surface area contributed by atoms with Gasteiger partial charge in [0, 0.05) is 24.7 Å². The van der Waals surface area contributed by atoms with Crippen molar-refractivity contribution in [3.8, 4) is 5.75 Å². The third-order valence-corrected chi connectivity index (χ3v) is 9.34. The van der Waals surface area contributed by atoms with Crippen LogP contribution in [0.1, 0.15) is 63.4 Å². The molecule has 37 heavy (non-hydrogen) atoms. The van der Waals surface area contributed by atoms with Crippen molar-refractivity contribution in [1.29, 1.82) is 0 Å². The molecule has 0 aromatic heterocycles. The Morgan fingerprint density at radius 2 is 1.54 bits per heavy atom. The normalized spacial score (nSPS) is 16.9. The maximum Gasteiger partial charge on any atom is 0.414 e. The van der Waals surface area contributed by atoms with Crippen molar-refractivity contribution in [3.05, 3.63) is 54.1 Å². The first-order valence-electron chi connectivity index (χ1n) is 13.6. The zero-order chi connectivity index (χ0) is 26.1. The molecule has 0 radical (unpaired) electrons. The maximum atomic E-state index is 12.5. The number of benzene rings is 2. The van der Waals surface area contributed by atoms with Crippen molar-refractivity contribution in [3.63, 3.8) is 0 Å². The Bertz CT molecular complexity index is 1110. The van der Waals surface area contributed by atoms with E-state index in [0.717, 1.165) is 63.0 Å². The summed E-state index contributed by atoms with van der Waals surface area (Å²) in [6, 6.07) is 14.9. The van der Waals surface area contributed by atoms with Crippen molar-refractivity contribution >= 4 is 21.6 Å². The Morgan fingerprint density at radius 3 is 2.24 bits per heavy atom. The van der Waals surface area contributed by atoms with Crippen molar-refractivity contribution < 1.29 is 22.7 Å². The third-order valence-electron chi connectivity index (χ3n) is 7.53. The molecule has 2 aliphatic heterocycles. The van der Waals surface area contributed by atoms with Crippen molar-refractivity contribution in [2.75, 3.05) is 37.4 Å². The molecule has 0 atom stereocenters. The SMILES string of the molecule is COc1ccc(S(=O)(=O)CCCCCCCCCN2CCC(N3C(=O)OCc4ccccc43)CC2)cc1. The quantitative estimate of drug-likeness (QED) is 0.305. The van der Waals surface area contributed by atoms with E-state index in [1.165, 1.54) is 19.3 Å². The second-order valence-electron chi connectivity index (χ2n) is 10.1. The predicted molar refractivity (Wildman–Crippen MR) is 146 cm³/mol. The van der Waals surface area contributed by atoms with Gasteiger partial charge in [0.05, 0.1) is 23.4 Å². The largest absolute Gasteiger partial charge is 0.497 e. The number of carbonyl (C=O) groups excluding carboxylic acids is 1. The number of unbranched alkanes of at least 4 members (excludes halogenated alkanes) is 6. The number of sulfone groups is 1. The van der Waals surface area contributed by atoms with Crippen molar-refractivity contribution in [2.24, 2.45) is 0 Å². The number of nitrogens with zero attached hydrogens (tertiary/aromatic N) is 2. The van der Waals surface area contributed by atoms with Crippen LogP contribution < -0.4 is 9.64 Å². The lowest BCUT2D eigenvalue weighted by Crippen LogP contribution is -2.49. The lowest BCUT2D eigenvalue weighted by atomic mass is 10.0. The molecule has 202 valence electrons. The summed E-state index contributed by atoms with van der Waals surface area (Å²) in [7, 11) is -1.65. The van der Waals surface area contributed by atoms with Crippen LogP contribution in [0.3, 0.4) is 0 Å². The monoisotopic (exact) mass is 528 g/mol. The van der Waals surface area contributed by atoms with Crippen molar-refractivity contribution in [2.45, 2.75) is 75.3 Å². The van der Waals surface area contributed by atoms with Gasteiger partial charge in [-0.05, 0) is 62.6 Å². The summed E-state index contributed by atoms with van der Waals surface area (Å²) in [6.45, 7) is 3.50. The van der Waals surface area contributed by atoms with E-state index in [4.69, 9.17) is 9.47 Å². The number of anilines is 1. The molecule has 0 aliphatic carbocycles. The lowest BCUT2D eigenvalue weighted by Gasteiger charge is -2.40. The van der Waals surface area contributed by atoms with E-state index in [9.17, 15) is 13.2 Å². The molecule has 1 amide bonds. The summed E-state index contributed by atoms with van der Waals surface area (Å²) < 4.78 is 35.4. The number of piperidine rings is 1. The number of hydrogen-bond donors (Lipinski definition) is 0. The number of methoxy groups -OCH3 is 1. The van der Waals surface area contributed by atoms with Crippen LogP contribution in [0, 0.1) is 0 Å². The molecule has 0 spiro atoms. The van der Waals surface area contributed by atoms with E-state index < -0.39 is 9.84 Å². The molecular formula is C29H40N2O5S. The van der Waals surface area contributed by atoms with Gasteiger partial charge in [-0.1, -0.05) is 50.3 Å². The minimum absolute atomic E-state index is 0.204. The fourth-order valence-corrected chi connectivity index (χ4v) is 6.71. The minimum atomic E-state index is -3.22. The van der Waals surface area contributed by atoms with Gasteiger partial charge in [-0.2, -0.15) is 0 Å². The third kappa shape index (κ3) is 7.48. The molecule has 8 heteroatoms. The van der Waals surface area contributed by atoms with Gasteiger partial charge in [0.15, 0.2) is 9.84 Å². The summed E-state index contributed by atoms with van der Waals surface area (Å²) in [4.78, 5) is 17.2. The zero-order valence-electron chi connectivity index (χ0n) is 21.9. The first-order chi connectivity index (χ1) is 18.0. The summed E-state index contributed by atoms with van der Waals surface area (Å²) in [5, 5.41) is 0. The van der Waals surface area contributed by atoms with Crippen molar-refractivity contribution in [1.82, 2.24) is 4.90 Å². The average Bonchev–Trinajstić information content (AvgIpc) is 2.92. The van der Waals surface area contributed by atoms with Crippen LogP contribution in [0.4, 0.5) is 10.5 Å². The van der Waals surface area contributed by atoms with Gasteiger partial charge < -0.3 is 14.4 Å². The van der Waals surface area contributed by atoms with E-state index in [0.29, 0.717) is 23.7 Å². The van der Waals surface area contributed by atoms with Gasteiger partial charge >= 0.3 is 6.09 Å². The van der Waals surface area contributed by atoms with Gasteiger partial charge in [-0.3, -0.25) is 4.90 Å². The van der Waals surface area contributed by atoms with Gasteiger partial charge in [0.2, 0.25) is 0 Å². The molecule has 4 rings (SSSR count). The summed E-state index contributed by atoms with van der Waals surface area (Å²) in [6.07, 6.45) is 9.21. The van der Waals surface area contributed by atoms with Gasteiger partial charge in [0.1, 0.15) is 12.4 Å². The summed E-state index contributed by atoms with van der Waals surface area (Å²) in [5.41, 5.74) is 2.10. The number of ether oxygens (including phenoxy) is 2. The number of cyclic esters (lactones) is 1. The molecule has 0 N–H and O–H groups in total. The Hall–Kier alpha value is -2.58. The Kier molecular flexibility index (Phi) is 9.86. The summed E-state index contributed by atoms with van der Waals surface area (Å²) >= 11 is 0. The average molecular weight is 529 g/mol. The van der Waals surface area contributed by atoms with Crippen LogP contribution in [0.5, 0.6) is 5.75 Å². The number of likely N-dealkylation sites (tertiary alicyclic amines) is 1. The topological polar surface area (TPSA) is 76.2 Å². The number of rotatable bonds is 13. The van der Waals surface area contributed by atoms with Crippen LogP contribution >= 0.6 is 0 Å². The van der Waals surface area contributed by atoms with Crippen LogP contribution in [0.15, 0.2) is 53.4 Å². The number of para-hydroxylation sites is 1. The van der Waals surface area contributed by atoms with E-state index in [2.05, 4.69) is 4.90 Å². The van der Waals surface area contributed by atoms with E-state index in [-0.39, 0.29) is 17.9 Å². The standard InChI is InChI=1S/C29H40N2O5S/c1-35-26-13-15-27(16-14-26)37(33,34)22-10-6-4-2-3-5-9-19-30-20-17-25(18-21-30)31-28-12-8-7-11-24(28)23-36-29(31)32/h7-8,11-16,25H,2-6,9-10,17-23H2,1H3. The zero-order valence-corrected chi connectivity index (χ0v) is 22.8. The first-order valence-corrected chi connectivity index (χ1v) is 15.3. The number of hydrogen-bond acceptors (Lipinski definition) is 6. The maximum absolute atomic E-state index is 12.5. The highest BCUT2D eigenvalue weighted by atomic mass is 32.2. The molecule has 0 bridgehead atoms. The van der Waals surface area contributed by atoms with E-state index in [1.54, 1.807) is 31.4 Å². The van der Waals surface area contributed by atoms with Gasteiger partial charge in [0.25, 0.3) is 0 Å². The molecule has 0 unspecified atom stereocenters. The molecule has 7 nitrogen and oxygen atoms in total. The fourth-order valence-electron chi connectivity index (χ4n) is 5.33. The lowest BCUT2D eigenvalue weighted by molar-refractivity contribution is 0.131. The number of amides is 1. The highest BCUT2D eigenvalue weighted by molar-refractivity contribution is 7.91. The number of fused-ring (bicyclic) bond motifs is 1. The van der Waals surface area contributed by atoms with Gasteiger partial charge in [-0.15, -0.1) is 0 Å². The predicted octanol–water partition coefficient (Wildman–Crippen LogP) is 5.82. The molecule has 1 saturated heterocycles. The highest BCUT2D eigenvalue weighted by Gasteiger charge is 2.33. The molecule has 2 heterocycles. The molecule has 0 saturated carbocycles. The molecule has 1 fully saturated rings. The molecule has 2 aromatic rings. The molecule has 2 aliphatic rings. The molecule has 2 aromatic carbocycles. The van der Waals surface area contributed by atoms with Crippen LogP contribution in [-0.2, 0) is 21.2 Å². The first kappa shape index (κ1) is 27.5. The number of carbonyl (C=O) groups is 1. The Balaban J connectivity index is 1.05. The van der Waals surface area contributed by atoms with E-state index >= 15 is 0 Å². The van der Waals surface area contributed by atoms with Gasteiger partial charge in [-0.25, -0.2) is 13.2 Å². The van der Waals surface area contributed by atoms with E-state index in [1.807, 2.05) is 29.2 Å².